The zero-order chi connectivity index (χ0) is 14.1. The monoisotopic (exact) mass is 394 g/mol. The van der Waals surface area contributed by atoms with Gasteiger partial charge in [0.25, 0.3) is 0 Å². The van der Waals surface area contributed by atoms with Gasteiger partial charge in [0.15, 0.2) is 5.96 Å². The summed E-state index contributed by atoms with van der Waals surface area (Å²) in [6.45, 7) is 10.8. The zero-order valence-electron chi connectivity index (χ0n) is 13.0. The molecule has 116 valence electrons. The lowest BCUT2D eigenvalue weighted by Crippen LogP contribution is -2.37. The van der Waals surface area contributed by atoms with Crippen molar-refractivity contribution in [2.75, 3.05) is 13.1 Å². The van der Waals surface area contributed by atoms with Gasteiger partial charge in [-0.05, 0) is 19.8 Å². The molecular weight excluding hydrogens is 367 g/mol. The number of hydrogen-bond donors (Lipinski definition) is 2. The Balaban J connectivity index is 0.00000361. The molecule has 0 aliphatic heterocycles. The molecule has 0 aliphatic rings. The maximum Gasteiger partial charge on any atom is 0.191 e. The van der Waals surface area contributed by atoms with E-state index >= 15 is 0 Å². The Labute approximate surface area is 139 Å². The van der Waals surface area contributed by atoms with Crippen LogP contribution in [-0.2, 0) is 19.4 Å². The summed E-state index contributed by atoms with van der Waals surface area (Å²) in [4.78, 5) is 4.61. The van der Waals surface area contributed by atoms with Crippen molar-refractivity contribution in [1.82, 2.24) is 15.8 Å². The van der Waals surface area contributed by atoms with Gasteiger partial charge in [0.2, 0.25) is 0 Å². The number of rotatable bonds is 7. The van der Waals surface area contributed by atoms with E-state index in [1.807, 2.05) is 0 Å². The van der Waals surface area contributed by atoms with Crippen molar-refractivity contribution in [3.63, 3.8) is 0 Å². The molecule has 2 N–H and O–H groups in total. The van der Waals surface area contributed by atoms with E-state index in [9.17, 15) is 0 Å². The third kappa shape index (κ3) is 5.68. The fourth-order valence-electron chi connectivity index (χ4n) is 1.86. The normalized spacial score (nSPS) is 11.1. The second-order valence-corrected chi connectivity index (χ2v) is 4.36. The van der Waals surface area contributed by atoms with Crippen LogP contribution in [0.4, 0.5) is 0 Å². The highest BCUT2D eigenvalue weighted by Crippen LogP contribution is 2.16. The molecule has 0 bridgehead atoms. The van der Waals surface area contributed by atoms with Gasteiger partial charge in [-0.15, -0.1) is 24.0 Å². The minimum atomic E-state index is 0. The summed E-state index contributed by atoms with van der Waals surface area (Å²) < 4.78 is 5.35. The van der Waals surface area contributed by atoms with E-state index in [4.69, 9.17) is 4.52 Å². The van der Waals surface area contributed by atoms with E-state index in [-0.39, 0.29) is 24.0 Å². The summed E-state index contributed by atoms with van der Waals surface area (Å²) in [7, 11) is 0. The van der Waals surface area contributed by atoms with Gasteiger partial charge in [-0.1, -0.05) is 25.9 Å². The van der Waals surface area contributed by atoms with E-state index in [1.165, 1.54) is 0 Å². The van der Waals surface area contributed by atoms with Crippen LogP contribution in [0.5, 0.6) is 0 Å². The third-order valence-corrected chi connectivity index (χ3v) is 2.89. The highest BCUT2D eigenvalue weighted by Gasteiger charge is 2.12. The van der Waals surface area contributed by atoms with Crippen molar-refractivity contribution in [1.29, 1.82) is 0 Å². The van der Waals surface area contributed by atoms with Crippen LogP contribution in [0.25, 0.3) is 0 Å². The highest BCUT2D eigenvalue weighted by molar-refractivity contribution is 14.0. The smallest absolute Gasteiger partial charge is 0.191 e. The Morgan fingerprint density at radius 3 is 2.45 bits per heavy atom. The molecule has 1 rings (SSSR count). The Morgan fingerprint density at radius 2 is 1.90 bits per heavy atom. The van der Waals surface area contributed by atoms with Gasteiger partial charge in [-0.25, -0.2) is 4.99 Å². The first kappa shape index (κ1) is 19.2. The van der Waals surface area contributed by atoms with E-state index in [1.54, 1.807) is 0 Å². The van der Waals surface area contributed by atoms with Crippen LogP contribution in [0.2, 0.25) is 0 Å². The predicted octanol–water partition coefficient (Wildman–Crippen LogP) is 2.88. The molecule has 0 saturated carbocycles. The largest absolute Gasteiger partial charge is 0.361 e. The van der Waals surface area contributed by atoms with Gasteiger partial charge in [-0.3, -0.25) is 0 Å². The molecule has 6 heteroatoms. The molecule has 0 spiro atoms. The molecule has 0 atom stereocenters. The maximum atomic E-state index is 5.35. The molecule has 0 aliphatic carbocycles. The topological polar surface area (TPSA) is 62.5 Å². The zero-order valence-corrected chi connectivity index (χ0v) is 15.3. The molecular formula is C14H27IN4O. The molecule has 0 unspecified atom stereocenters. The van der Waals surface area contributed by atoms with Crippen LogP contribution in [0.15, 0.2) is 9.52 Å². The number of nitrogens with zero attached hydrogens (tertiary/aromatic N) is 2. The lowest BCUT2D eigenvalue weighted by Gasteiger charge is -2.10. The minimum Gasteiger partial charge on any atom is -0.361 e. The molecule has 1 aromatic rings. The maximum absolute atomic E-state index is 5.35. The first-order valence-electron chi connectivity index (χ1n) is 7.25. The highest BCUT2D eigenvalue weighted by atomic mass is 127. The standard InChI is InChI=1S/C14H26N4O.HI/c1-5-9-16-14(15-8-4)17-10-11-12(6-2)18-19-13(11)7-3;/h5-10H2,1-4H3,(H2,15,16,17);1H. The Bertz CT molecular complexity index is 382. The third-order valence-electron chi connectivity index (χ3n) is 2.89. The second-order valence-electron chi connectivity index (χ2n) is 4.36. The van der Waals surface area contributed by atoms with E-state index in [0.717, 1.165) is 55.3 Å². The first-order valence-corrected chi connectivity index (χ1v) is 7.25. The van der Waals surface area contributed by atoms with Crippen molar-refractivity contribution >= 4 is 29.9 Å². The summed E-state index contributed by atoms with van der Waals surface area (Å²) in [6, 6.07) is 0. The van der Waals surface area contributed by atoms with Crippen LogP contribution in [0.1, 0.15) is 51.1 Å². The van der Waals surface area contributed by atoms with Gasteiger partial charge < -0.3 is 15.2 Å². The second kappa shape index (κ2) is 10.9. The first-order chi connectivity index (χ1) is 9.26. The Morgan fingerprint density at radius 1 is 1.15 bits per heavy atom. The number of aromatic nitrogens is 1. The summed E-state index contributed by atoms with van der Waals surface area (Å²) in [5.74, 6) is 1.81. The van der Waals surface area contributed by atoms with E-state index in [2.05, 4.69) is 48.5 Å². The molecule has 1 heterocycles. The van der Waals surface area contributed by atoms with Gasteiger partial charge in [0.1, 0.15) is 5.76 Å². The fraction of sp³-hybridized carbons (Fsp3) is 0.714. The summed E-state index contributed by atoms with van der Waals surface area (Å²) >= 11 is 0. The van der Waals surface area contributed by atoms with Crippen molar-refractivity contribution in [3.05, 3.63) is 17.0 Å². The van der Waals surface area contributed by atoms with Gasteiger partial charge in [0.05, 0.1) is 12.2 Å². The molecule has 0 aromatic carbocycles. The lowest BCUT2D eigenvalue weighted by molar-refractivity contribution is 0.380. The number of hydrogen-bond acceptors (Lipinski definition) is 3. The van der Waals surface area contributed by atoms with Gasteiger partial charge in [-0.2, -0.15) is 0 Å². The molecule has 0 amide bonds. The quantitative estimate of drug-likeness (QED) is 0.424. The SMILES string of the molecule is CCCNC(=NCc1c(CC)noc1CC)NCC.I. The van der Waals surface area contributed by atoms with Crippen molar-refractivity contribution in [2.24, 2.45) is 4.99 Å². The van der Waals surface area contributed by atoms with Crippen LogP contribution >= 0.6 is 24.0 Å². The molecule has 5 nitrogen and oxygen atoms in total. The van der Waals surface area contributed by atoms with Crippen LogP contribution in [0, 0.1) is 0 Å². The summed E-state index contributed by atoms with van der Waals surface area (Å²) in [6.07, 6.45) is 2.82. The number of aliphatic imine (C=N–C) groups is 1. The fourth-order valence-corrected chi connectivity index (χ4v) is 1.86. The average Bonchev–Trinajstić information content (AvgIpc) is 2.83. The molecule has 0 radical (unpaired) electrons. The summed E-state index contributed by atoms with van der Waals surface area (Å²) in [5.41, 5.74) is 2.16. The average molecular weight is 394 g/mol. The number of aryl methyl sites for hydroxylation is 2. The predicted molar refractivity (Wildman–Crippen MR) is 93.8 cm³/mol. The minimum absolute atomic E-state index is 0. The van der Waals surface area contributed by atoms with Gasteiger partial charge in [0, 0.05) is 25.1 Å². The van der Waals surface area contributed by atoms with Crippen molar-refractivity contribution in [3.8, 4) is 0 Å². The lowest BCUT2D eigenvalue weighted by atomic mass is 10.1. The Hall–Kier alpha value is -0.790. The van der Waals surface area contributed by atoms with E-state index < -0.39 is 0 Å². The summed E-state index contributed by atoms with van der Waals surface area (Å²) in [5, 5.41) is 10.6. The molecule has 1 aromatic heterocycles. The van der Waals surface area contributed by atoms with Crippen molar-refractivity contribution < 1.29 is 4.52 Å². The number of guanidine groups is 1. The van der Waals surface area contributed by atoms with Crippen molar-refractivity contribution in [2.45, 2.75) is 53.5 Å². The molecule has 0 saturated heterocycles. The van der Waals surface area contributed by atoms with Gasteiger partial charge >= 0.3 is 0 Å². The molecule has 20 heavy (non-hydrogen) atoms. The van der Waals surface area contributed by atoms with Crippen LogP contribution in [0.3, 0.4) is 0 Å². The Kier molecular flexibility index (Phi) is 10.5. The van der Waals surface area contributed by atoms with E-state index in [0.29, 0.717) is 6.54 Å². The van der Waals surface area contributed by atoms with Crippen LogP contribution in [-0.4, -0.2) is 24.2 Å². The molecule has 0 fully saturated rings. The number of halogens is 1. The number of nitrogens with one attached hydrogen (secondary N) is 2. The van der Waals surface area contributed by atoms with Crippen LogP contribution < -0.4 is 10.6 Å².